The molecular formula is C30H33F3NO3+. The zero-order valence-electron chi connectivity index (χ0n) is 20.8. The van der Waals surface area contributed by atoms with E-state index in [1.165, 1.54) is 18.2 Å². The van der Waals surface area contributed by atoms with Crippen LogP contribution in [0, 0.1) is 5.41 Å². The van der Waals surface area contributed by atoms with Gasteiger partial charge in [0.15, 0.2) is 0 Å². The van der Waals surface area contributed by atoms with Crippen LogP contribution in [-0.2, 0) is 5.60 Å². The number of benzene rings is 3. The Balaban J connectivity index is 1.23. The predicted octanol–water partition coefficient (Wildman–Crippen LogP) is 6.29. The SMILES string of the molecule is OC(c1ccccc1)(c1ccccc1)C12CC[N+](CCCOc3cccc(OC(F)(F)F)c3)(CC1)CC2. The number of piperidine rings is 3. The van der Waals surface area contributed by atoms with Crippen LogP contribution in [0.3, 0.4) is 0 Å². The van der Waals surface area contributed by atoms with E-state index in [0.717, 1.165) is 67.5 Å². The largest absolute Gasteiger partial charge is 0.573 e. The molecule has 37 heavy (non-hydrogen) atoms. The minimum absolute atomic E-state index is 0.217. The first kappa shape index (κ1) is 25.6. The minimum atomic E-state index is -4.72. The molecule has 3 saturated heterocycles. The molecule has 0 spiro atoms. The van der Waals surface area contributed by atoms with Crippen molar-refractivity contribution in [1.29, 1.82) is 0 Å². The maximum Gasteiger partial charge on any atom is 0.573 e. The van der Waals surface area contributed by atoms with Crippen molar-refractivity contribution in [3.8, 4) is 11.5 Å². The lowest BCUT2D eigenvalue weighted by atomic mass is 9.56. The van der Waals surface area contributed by atoms with Gasteiger partial charge in [-0.2, -0.15) is 0 Å². The summed E-state index contributed by atoms with van der Waals surface area (Å²) >= 11 is 0. The number of alkyl halides is 3. The molecule has 3 aliphatic heterocycles. The molecule has 6 rings (SSSR count). The summed E-state index contributed by atoms with van der Waals surface area (Å²) in [7, 11) is 0. The van der Waals surface area contributed by atoms with Crippen molar-refractivity contribution in [2.24, 2.45) is 5.41 Å². The number of quaternary nitrogens is 1. The summed E-state index contributed by atoms with van der Waals surface area (Å²) < 4.78 is 48.2. The number of rotatable bonds is 9. The summed E-state index contributed by atoms with van der Waals surface area (Å²) in [5.41, 5.74) is 0.644. The second-order valence-corrected chi connectivity index (χ2v) is 10.4. The van der Waals surface area contributed by atoms with E-state index in [-0.39, 0.29) is 11.2 Å². The molecular weight excluding hydrogens is 479 g/mol. The molecule has 0 aromatic heterocycles. The molecule has 3 aromatic rings. The van der Waals surface area contributed by atoms with Gasteiger partial charge >= 0.3 is 6.36 Å². The Labute approximate surface area is 215 Å². The van der Waals surface area contributed by atoms with Crippen molar-refractivity contribution in [2.45, 2.75) is 37.6 Å². The van der Waals surface area contributed by atoms with E-state index in [4.69, 9.17) is 4.74 Å². The minimum Gasteiger partial charge on any atom is -0.493 e. The van der Waals surface area contributed by atoms with Crippen LogP contribution in [0.1, 0.15) is 36.8 Å². The molecule has 7 heteroatoms. The fraction of sp³-hybridized carbons (Fsp3) is 0.400. The Kier molecular flexibility index (Phi) is 6.94. The third-order valence-corrected chi connectivity index (χ3v) is 8.43. The molecule has 196 valence electrons. The Morgan fingerprint density at radius 1 is 0.757 bits per heavy atom. The van der Waals surface area contributed by atoms with Crippen molar-refractivity contribution in [1.82, 2.24) is 0 Å². The van der Waals surface area contributed by atoms with Crippen molar-refractivity contribution in [2.75, 3.05) is 32.8 Å². The number of aliphatic hydroxyl groups is 1. The Bertz CT molecular complexity index is 1120. The fourth-order valence-corrected chi connectivity index (χ4v) is 6.43. The molecule has 0 saturated carbocycles. The third-order valence-electron chi connectivity index (χ3n) is 8.43. The smallest absolute Gasteiger partial charge is 0.493 e. The van der Waals surface area contributed by atoms with Gasteiger partial charge in [0.05, 0.1) is 32.8 Å². The van der Waals surface area contributed by atoms with Crippen molar-refractivity contribution >= 4 is 0 Å². The summed E-state index contributed by atoms with van der Waals surface area (Å²) in [6.07, 6.45) is -1.11. The molecule has 3 aliphatic rings. The van der Waals surface area contributed by atoms with Gasteiger partial charge in [-0.1, -0.05) is 66.7 Å². The van der Waals surface area contributed by atoms with Crippen LogP contribution in [-0.4, -0.2) is 48.7 Å². The molecule has 3 aromatic carbocycles. The van der Waals surface area contributed by atoms with Crippen LogP contribution in [0.25, 0.3) is 0 Å². The van der Waals surface area contributed by atoms with Gasteiger partial charge in [0.2, 0.25) is 0 Å². The van der Waals surface area contributed by atoms with Crippen LogP contribution in [0.2, 0.25) is 0 Å². The van der Waals surface area contributed by atoms with E-state index in [0.29, 0.717) is 12.4 Å². The Morgan fingerprint density at radius 2 is 1.30 bits per heavy atom. The van der Waals surface area contributed by atoms with Crippen molar-refractivity contribution in [3.05, 3.63) is 96.1 Å². The summed E-state index contributed by atoms with van der Waals surface area (Å²) in [6, 6.07) is 25.8. The van der Waals surface area contributed by atoms with Crippen LogP contribution in [0.15, 0.2) is 84.9 Å². The van der Waals surface area contributed by atoms with Gasteiger partial charge in [-0.15, -0.1) is 13.2 Å². The first-order valence-corrected chi connectivity index (χ1v) is 12.9. The normalized spacial score (nSPS) is 23.6. The molecule has 3 heterocycles. The molecule has 0 atom stereocenters. The van der Waals surface area contributed by atoms with Gasteiger partial charge in [0.25, 0.3) is 0 Å². The van der Waals surface area contributed by atoms with E-state index in [1.54, 1.807) is 6.07 Å². The van der Waals surface area contributed by atoms with Gasteiger partial charge in [-0.05, 0) is 23.3 Å². The number of nitrogens with zero attached hydrogens (tertiary/aromatic N) is 1. The van der Waals surface area contributed by atoms with Crippen molar-refractivity contribution < 1.29 is 32.2 Å². The summed E-state index contributed by atoms with van der Waals surface area (Å²) in [5.74, 6) is 0.0911. The topological polar surface area (TPSA) is 38.7 Å². The average Bonchev–Trinajstić information content (AvgIpc) is 2.92. The van der Waals surface area contributed by atoms with Gasteiger partial charge in [0.1, 0.15) is 17.1 Å². The number of fused-ring (bicyclic) bond motifs is 3. The van der Waals surface area contributed by atoms with Crippen LogP contribution in [0.5, 0.6) is 11.5 Å². The lowest BCUT2D eigenvalue weighted by molar-refractivity contribution is -0.946. The maximum absolute atomic E-state index is 12.5. The highest BCUT2D eigenvalue weighted by atomic mass is 19.4. The molecule has 4 nitrogen and oxygen atoms in total. The quantitative estimate of drug-likeness (QED) is 0.271. The highest BCUT2D eigenvalue weighted by Gasteiger charge is 2.60. The average molecular weight is 513 g/mol. The lowest BCUT2D eigenvalue weighted by Crippen LogP contribution is -2.66. The molecule has 2 bridgehead atoms. The van der Waals surface area contributed by atoms with E-state index < -0.39 is 12.0 Å². The Hall–Kier alpha value is -3.03. The van der Waals surface area contributed by atoms with E-state index in [2.05, 4.69) is 4.74 Å². The molecule has 3 fully saturated rings. The summed E-state index contributed by atoms with van der Waals surface area (Å²) in [6.45, 7) is 4.37. The van der Waals surface area contributed by atoms with E-state index >= 15 is 0 Å². The second-order valence-electron chi connectivity index (χ2n) is 10.4. The van der Waals surface area contributed by atoms with E-state index in [9.17, 15) is 18.3 Å². The highest BCUT2D eigenvalue weighted by Crippen LogP contribution is 2.57. The van der Waals surface area contributed by atoms with Gasteiger partial charge in [-0.25, -0.2) is 0 Å². The maximum atomic E-state index is 12.5. The first-order chi connectivity index (χ1) is 17.7. The number of hydrogen-bond donors (Lipinski definition) is 1. The predicted molar refractivity (Wildman–Crippen MR) is 135 cm³/mol. The molecule has 0 aliphatic carbocycles. The molecule has 0 radical (unpaired) electrons. The van der Waals surface area contributed by atoms with Crippen molar-refractivity contribution in [3.63, 3.8) is 0 Å². The van der Waals surface area contributed by atoms with Crippen LogP contribution >= 0.6 is 0 Å². The summed E-state index contributed by atoms with van der Waals surface area (Å²) in [5, 5.41) is 12.5. The van der Waals surface area contributed by atoms with Gasteiger partial charge in [0, 0.05) is 37.2 Å². The summed E-state index contributed by atoms with van der Waals surface area (Å²) in [4.78, 5) is 0. The zero-order valence-corrected chi connectivity index (χ0v) is 20.8. The van der Waals surface area contributed by atoms with Crippen LogP contribution < -0.4 is 9.47 Å². The zero-order chi connectivity index (χ0) is 26.0. The fourth-order valence-electron chi connectivity index (χ4n) is 6.43. The van der Waals surface area contributed by atoms with Gasteiger partial charge < -0.3 is 19.1 Å². The lowest BCUT2D eigenvalue weighted by Gasteiger charge is -2.60. The molecule has 1 N–H and O–H groups in total. The third kappa shape index (κ3) is 5.20. The van der Waals surface area contributed by atoms with Gasteiger partial charge in [-0.3, -0.25) is 0 Å². The first-order valence-electron chi connectivity index (χ1n) is 12.9. The molecule has 0 unspecified atom stereocenters. The number of hydrogen-bond acceptors (Lipinski definition) is 3. The Morgan fingerprint density at radius 3 is 1.84 bits per heavy atom. The second kappa shape index (κ2) is 10.0. The number of ether oxygens (including phenoxy) is 2. The number of halogens is 3. The highest BCUT2D eigenvalue weighted by molar-refractivity contribution is 5.39. The molecule has 0 amide bonds. The standard InChI is InChI=1S/C30H33F3NO3/c31-30(32,33)37-27-14-7-13-26(23-27)36-22-8-18-34-19-15-28(16-20-34,17-21-34)29(35,24-9-3-1-4-10-24)25-11-5-2-6-12-25/h1-7,9-14,23,35H,8,15-22H2/q+1. The van der Waals surface area contributed by atoms with E-state index in [1.807, 2.05) is 60.7 Å². The monoisotopic (exact) mass is 512 g/mol. The van der Waals surface area contributed by atoms with Crippen LogP contribution in [0.4, 0.5) is 13.2 Å².